The Balaban J connectivity index is 1.74. The molecule has 0 aliphatic carbocycles. The van der Waals surface area contributed by atoms with Crippen LogP contribution >= 0.6 is 30.3 Å². The molecule has 2 nitrogen and oxygen atoms in total. The van der Waals surface area contributed by atoms with Crippen LogP contribution in [0.1, 0.15) is 16.8 Å². The van der Waals surface area contributed by atoms with E-state index in [0.29, 0.717) is 0 Å². The molecular formula is C14H15IN2S. The highest BCUT2D eigenvalue weighted by Gasteiger charge is 2.19. The van der Waals surface area contributed by atoms with E-state index < -0.39 is 0 Å². The van der Waals surface area contributed by atoms with Crippen LogP contribution in [0.15, 0.2) is 42.6 Å². The summed E-state index contributed by atoms with van der Waals surface area (Å²) in [5, 5.41) is 0. The second-order valence-electron chi connectivity index (χ2n) is 4.63. The van der Waals surface area contributed by atoms with E-state index in [-0.39, 0.29) is 0 Å². The molecule has 0 saturated heterocycles. The Morgan fingerprint density at radius 2 is 2.00 bits per heavy atom. The fourth-order valence-electron chi connectivity index (χ4n) is 2.49. The van der Waals surface area contributed by atoms with Crippen molar-refractivity contribution in [2.45, 2.75) is 19.5 Å². The molecule has 18 heavy (non-hydrogen) atoms. The largest absolute Gasteiger partial charge is 0.293 e. The zero-order valence-electron chi connectivity index (χ0n) is 10.1. The van der Waals surface area contributed by atoms with Gasteiger partial charge in [0.2, 0.25) is 0 Å². The number of halogens is 1. The predicted molar refractivity (Wildman–Crippen MR) is 85.7 cm³/mol. The van der Waals surface area contributed by atoms with E-state index in [9.17, 15) is 0 Å². The van der Waals surface area contributed by atoms with Crippen LogP contribution in [0, 0.1) is 0 Å². The van der Waals surface area contributed by atoms with Gasteiger partial charge in [0.15, 0.2) is 0 Å². The molecule has 0 radical (unpaired) electrons. The lowest BCUT2D eigenvalue weighted by Crippen LogP contribution is -2.30. The predicted octanol–water partition coefficient (Wildman–Crippen LogP) is 3.89. The first kappa shape index (κ1) is 12.6. The van der Waals surface area contributed by atoms with Crippen molar-refractivity contribution in [1.29, 1.82) is 0 Å². The van der Waals surface area contributed by atoms with E-state index >= 15 is 0 Å². The number of hydrogen-bond acceptors (Lipinski definition) is 2. The van der Waals surface area contributed by atoms with Gasteiger partial charge < -0.3 is 0 Å². The number of fused-ring (bicyclic) bond motifs is 1. The number of hydrogen-bond donors (Lipinski definition) is 0. The SMILES string of the molecule is ISn1ccc2c1CN(Cc1ccccc1)CC2. The van der Waals surface area contributed by atoms with Crippen molar-refractivity contribution in [2.75, 3.05) is 6.54 Å². The van der Waals surface area contributed by atoms with Crippen molar-refractivity contribution >= 4 is 30.3 Å². The summed E-state index contributed by atoms with van der Waals surface area (Å²) in [7, 11) is 1.76. The minimum absolute atomic E-state index is 1.05. The maximum atomic E-state index is 2.53. The van der Waals surface area contributed by atoms with Crippen LogP contribution < -0.4 is 0 Å². The minimum atomic E-state index is 1.05. The van der Waals surface area contributed by atoms with Crippen molar-refractivity contribution in [3.8, 4) is 0 Å². The van der Waals surface area contributed by atoms with Crippen molar-refractivity contribution in [2.24, 2.45) is 0 Å². The van der Waals surface area contributed by atoms with Crippen molar-refractivity contribution in [1.82, 2.24) is 8.87 Å². The summed E-state index contributed by atoms with van der Waals surface area (Å²) < 4.78 is 2.28. The molecule has 2 aromatic rings. The molecule has 1 aliphatic heterocycles. The van der Waals surface area contributed by atoms with Crippen molar-refractivity contribution in [3.63, 3.8) is 0 Å². The van der Waals surface area contributed by atoms with Gasteiger partial charge in [-0.3, -0.25) is 8.87 Å². The van der Waals surface area contributed by atoms with Gasteiger partial charge >= 0.3 is 0 Å². The van der Waals surface area contributed by atoms with Gasteiger partial charge in [0.1, 0.15) is 0 Å². The highest BCUT2D eigenvalue weighted by molar-refractivity contribution is 14.2. The van der Waals surface area contributed by atoms with Crippen LogP contribution in [0.4, 0.5) is 0 Å². The first-order valence-electron chi connectivity index (χ1n) is 6.11. The molecule has 0 N–H and O–H groups in total. The molecular weight excluding hydrogens is 355 g/mol. The molecule has 0 amide bonds. The van der Waals surface area contributed by atoms with Crippen LogP contribution in [0.25, 0.3) is 0 Å². The molecule has 1 aromatic carbocycles. The highest BCUT2D eigenvalue weighted by Crippen LogP contribution is 2.27. The first-order chi connectivity index (χ1) is 8.86. The molecule has 2 heterocycles. The van der Waals surface area contributed by atoms with Crippen LogP contribution in [0.2, 0.25) is 0 Å². The van der Waals surface area contributed by atoms with Gasteiger partial charge in [0.25, 0.3) is 0 Å². The molecule has 0 atom stereocenters. The quantitative estimate of drug-likeness (QED) is 0.758. The normalized spacial score (nSPS) is 15.6. The second kappa shape index (κ2) is 5.67. The smallest absolute Gasteiger partial charge is 0.0473 e. The molecule has 0 fully saturated rings. The Hall–Kier alpha value is -0.460. The van der Waals surface area contributed by atoms with Crippen molar-refractivity contribution < 1.29 is 0 Å². The van der Waals surface area contributed by atoms with Crippen LogP contribution in [-0.4, -0.2) is 15.4 Å². The summed E-state index contributed by atoms with van der Waals surface area (Å²) in [4.78, 5) is 2.53. The van der Waals surface area contributed by atoms with Gasteiger partial charge in [-0.25, -0.2) is 0 Å². The third-order valence-corrected chi connectivity index (χ3v) is 5.21. The van der Waals surface area contributed by atoms with Crippen LogP contribution in [0.5, 0.6) is 0 Å². The van der Waals surface area contributed by atoms with E-state index in [0.717, 1.165) is 19.6 Å². The molecule has 0 spiro atoms. The fraction of sp³-hybridized carbons (Fsp3) is 0.286. The van der Waals surface area contributed by atoms with E-state index in [2.05, 4.69) is 72.7 Å². The Morgan fingerprint density at radius 3 is 2.78 bits per heavy atom. The summed E-state index contributed by atoms with van der Waals surface area (Å²) in [5.74, 6) is 0. The third kappa shape index (κ3) is 2.60. The molecule has 0 bridgehead atoms. The Morgan fingerprint density at radius 1 is 1.17 bits per heavy atom. The second-order valence-corrected chi connectivity index (χ2v) is 6.34. The molecule has 0 saturated carbocycles. The van der Waals surface area contributed by atoms with Gasteiger partial charge in [-0.15, -0.1) is 0 Å². The average Bonchev–Trinajstić information content (AvgIpc) is 2.82. The Labute approximate surface area is 124 Å². The zero-order valence-corrected chi connectivity index (χ0v) is 13.0. The summed E-state index contributed by atoms with van der Waals surface area (Å²) in [6, 6.07) is 13.0. The molecule has 3 rings (SSSR count). The number of nitrogens with zero attached hydrogens (tertiary/aromatic N) is 2. The number of aromatic nitrogens is 1. The molecule has 4 heteroatoms. The van der Waals surface area contributed by atoms with E-state index in [1.54, 1.807) is 9.12 Å². The molecule has 0 unspecified atom stereocenters. The highest BCUT2D eigenvalue weighted by atomic mass is 127. The monoisotopic (exact) mass is 370 g/mol. The lowest BCUT2D eigenvalue weighted by atomic mass is 10.1. The lowest BCUT2D eigenvalue weighted by molar-refractivity contribution is 0.242. The van der Waals surface area contributed by atoms with Gasteiger partial charge in [0.05, 0.1) is 0 Å². The number of rotatable bonds is 3. The summed E-state index contributed by atoms with van der Waals surface area (Å²) in [6.07, 6.45) is 3.36. The average molecular weight is 370 g/mol. The van der Waals surface area contributed by atoms with E-state index in [4.69, 9.17) is 0 Å². The van der Waals surface area contributed by atoms with Gasteiger partial charge in [-0.2, -0.15) is 0 Å². The van der Waals surface area contributed by atoms with Crippen LogP contribution in [-0.2, 0) is 19.5 Å². The summed E-state index contributed by atoms with van der Waals surface area (Å²) >= 11 is 2.35. The summed E-state index contributed by atoms with van der Waals surface area (Å²) in [6.45, 7) is 3.28. The molecule has 1 aliphatic rings. The minimum Gasteiger partial charge on any atom is -0.293 e. The lowest BCUT2D eigenvalue weighted by Gasteiger charge is -2.27. The molecule has 94 valence electrons. The molecule has 1 aromatic heterocycles. The van der Waals surface area contributed by atoms with Gasteiger partial charge in [-0.05, 0) is 23.6 Å². The van der Waals surface area contributed by atoms with E-state index in [1.165, 1.54) is 23.2 Å². The summed E-state index contributed by atoms with van der Waals surface area (Å²) in [5.41, 5.74) is 4.39. The Kier molecular flexibility index (Phi) is 3.96. The maximum Gasteiger partial charge on any atom is 0.0473 e. The number of benzene rings is 1. The maximum absolute atomic E-state index is 2.53. The van der Waals surface area contributed by atoms with E-state index in [1.807, 2.05) is 0 Å². The standard InChI is InChI=1S/C14H15IN2S/c15-18-17-9-7-13-6-8-16(11-14(13)17)10-12-4-2-1-3-5-12/h1-5,7,9H,6,8,10-11H2. The Bertz CT molecular complexity index is 510. The van der Waals surface area contributed by atoms with Gasteiger partial charge in [-0.1, -0.05) is 30.3 Å². The van der Waals surface area contributed by atoms with Crippen molar-refractivity contribution in [3.05, 3.63) is 59.4 Å². The zero-order chi connectivity index (χ0) is 12.4. The van der Waals surface area contributed by atoms with Gasteiger partial charge in [0, 0.05) is 61.8 Å². The van der Waals surface area contributed by atoms with Crippen LogP contribution in [0.3, 0.4) is 0 Å². The fourth-order valence-corrected chi connectivity index (χ4v) is 3.97. The first-order valence-corrected chi connectivity index (χ1v) is 9.43. The third-order valence-electron chi connectivity index (χ3n) is 3.44. The topological polar surface area (TPSA) is 8.17 Å².